The molecule has 1 rings (SSSR count). The monoisotopic (exact) mass is 172 g/mol. The highest BCUT2D eigenvalue weighted by Gasteiger charge is 2.17. The summed E-state index contributed by atoms with van der Waals surface area (Å²) in [5.41, 5.74) is 0. The number of unbranched alkanes of at least 4 members (excludes halogenated alkanes) is 1. The Morgan fingerprint density at radius 3 is 2.91 bits per heavy atom. The summed E-state index contributed by atoms with van der Waals surface area (Å²) in [6.07, 6.45) is 7.27. The lowest BCUT2D eigenvalue weighted by Gasteiger charge is -2.26. The highest BCUT2D eigenvalue weighted by Crippen LogP contribution is 2.31. The molecule has 1 heteroatoms. The molecule has 66 valence electrons. The number of hydrogen-bond donors (Lipinski definition) is 0. The second kappa shape index (κ2) is 5.08. The van der Waals surface area contributed by atoms with E-state index in [1.807, 2.05) is 0 Å². The van der Waals surface area contributed by atoms with Gasteiger partial charge in [-0.2, -0.15) is 11.8 Å². The maximum Gasteiger partial charge on any atom is 0.00213 e. The first-order valence-electron chi connectivity index (χ1n) is 4.94. The van der Waals surface area contributed by atoms with Crippen molar-refractivity contribution in [2.45, 2.75) is 51.2 Å². The first-order chi connectivity index (χ1) is 5.33. The van der Waals surface area contributed by atoms with Crippen LogP contribution in [0.15, 0.2) is 0 Å². The van der Waals surface area contributed by atoms with E-state index in [-0.39, 0.29) is 0 Å². The molecular formula is C10H20S. The van der Waals surface area contributed by atoms with E-state index in [0.717, 1.165) is 11.2 Å². The van der Waals surface area contributed by atoms with Crippen LogP contribution in [0.25, 0.3) is 0 Å². The van der Waals surface area contributed by atoms with E-state index < -0.39 is 0 Å². The van der Waals surface area contributed by atoms with Gasteiger partial charge in [0.1, 0.15) is 0 Å². The highest BCUT2D eigenvalue weighted by atomic mass is 32.2. The van der Waals surface area contributed by atoms with Crippen molar-refractivity contribution in [1.29, 1.82) is 0 Å². The molecule has 0 aromatic rings. The first kappa shape index (κ1) is 9.44. The molecule has 1 aliphatic heterocycles. The molecule has 0 nitrogen and oxygen atoms in total. The van der Waals surface area contributed by atoms with Crippen molar-refractivity contribution in [3.8, 4) is 0 Å². The number of rotatable bonds is 3. The Kier molecular flexibility index (Phi) is 4.36. The lowest BCUT2D eigenvalue weighted by molar-refractivity contribution is 0.414. The third kappa shape index (κ3) is 3.50. The summed E-state index contributed by atoms with van der Waals surface area (Å²) in [6, 6.07) is 0. The molecule has 0 saturated carbocycles. The van der Waals surface area contributed by atoms with Crippen molar-refractivity contribution >= 4 is 11.8 Å². The van der Waals surface area contributed by atoms with Crippen molar-refractivity contribution in [2.24, 2.45) is 5.92 Å². The smallest absolute Gasteiger partial charge is 0.00213 e. The standard InChI is InChI=1S/C10H20S/c1-3-4-5-10-6-7-11-9(2)8-10/h9-10H,3-8H2,1-2H3. The average Bonchev–Trinajstić information content (AvgIpc) is 2.01. The molecule has 1 saturated heterocycles. The second-order valence-corrected chi connectivity index (χ2v) is 5.26. The molecule has 0 bridgehead atoms. The van der Waals surface area contributed by atoms with Crippen molar-refractivity contribution in [1.82, 2.24) is 0 Å². The van der Waals surface area contributed by atoms with E-state index in [0.29, 0.717) is 0 Å². The molecule has 11 heavy (non-hydrogen) atoms. The van der Waals surface area contributed by atoms with Crippen molar-refractivity contribution in [3.05, 3.63) is 0 Å². The van der Waals surface area contributed by atoms with Crippen LogP contribution in [0.1, 0.15) is 46.0 Å². The zero-order valence-electron chi connectivity index (χ0n) is 7.81. The van der Waals surface area contributed by atoms with Crippen LogP contribution in [-0.4, -0.2) is 11.0 Å². The molecule has 0 spiro atoms. The SMILES string of the molecule is CCCCC1CCSC(C)C1. The summed E-state index contributed by atoms with van der Waals surface area (Å²) < 4.78 is 0. The van der Waals surface area contributed by atoms with Crippen LogP contribution in [0.2, 0.25) is 0 Å². The van der Waals surface area contributed by atoms with Gasteiger partial charge in [-0.15, -0.1) is 0 Å². The molecule has 0 aromatic carbocycles. The van der Waals surface area contributed by atoms with Crippen LogP contribution in [0.4, 0.5) is 0 Å². The molecule has 1 heterocycles. The Hall–Kier alpha value is 0.350. The predicted molar refractivity (Wildman–Crippen MR) is 54.2 cm³/mol. The lowest BCUT2D eigenvalue weighted by Crippen LogP contribution is -2.15. The Morgan fingerprint density at radius 2 is 2.27 bits per heavy atom. The Morgan fingerprint density at radius 1 is 1.45 bits per heavy atom. The fourth-order valence-corrected chi connectivity index (χ4v) is 3.13. The molecule has 1 aliphatic rings. The summed E-state index contributed by atoms with van der Waals surface area (Å²) in [6.45, 7) is 4.67. The van der Waals surface area contributed by atoms with Gasteiger partial charge in [-0.3, -0.25) is 0 Å². The summed E-state index contributed by atoms with van der Waals surface area (Å²) in [5.74, 6) is 2.47. The van der Waals surface area contributed by atoms with E-state index in [9.17, 15) is 0 Å². The van der Waals surface area contributed by atoms with Gasteiger partial charge in [0.15, 0.2) is 0 Å². The third-order valence-corrected chi connectivity index (χ3v) is 3.79. The molecule has 1 fully saturated rings. The fraction of sp³-hybridized carbons (Fsp3) is 1.00. The van der Waals surface area contributed by atoms with Gasteiger partial charge < -0.3 is 0 Å². The maximum absolute atomic E-state index is 2.38. The number of hydrogen-bond acceptors (Lipinski definition) is 1. The summed E-state index contributed by atoms with van der Waals surface area (Å²) >= 11 is 2.16. The van der Waals surface area contributed by atoms with Crippen molar-refractivity contribution in [2.75, 3.05) is 5.75 Å². The summed E-state index contributed by atoms with van der Waals surface area (Å²) in [4.78, 5) is 0. The van der Waals surface area contributed by atoms with Crippen LogP contribution in [0, 0.1) is 5.92 Å². The van der Waals surface area contributed by atoms with E-state index in [2.05, 4.69) is 25.6 Å². The molecule has 0 N–H and O–H groups in total. The third-order valence-electron chi connectivity index (χ3n) is 2.56. The van der Waals surface area contributed by atoms with E-state index >= 15 is 0 Å². The summed E-state index contributed by atoms with van der Waals surface area (Å²) in [5, 5.41) is 0.936. The second-order valence-electron chi connectivity index (χ2n) is 3.71. The van der Waals surface area contributed by atoms with Gasteiger partial charge in [-0.25, -0.2) is 0 Å². The van der Waals surface area contributed by atoms with E-state index in [4.69, 9.17) is 0 Å². The van der Waals surface area contributed by atoms with Gasteiger partial charge in [0, 0.05) is 5.25 Å². The quantitative estimate of drug-likeness (QED) is 0.625. The molecular weight excluding hydrogens is 152 g/mol. The van der Waals surface area contributed by atoms with Crippen molar-refractivity contribution < 1.29 is 0 Å². The minimum atomic E-state index is 0.936. The van der Waals surface area contributed by atoms with Gasteiger partial charge in [-0.1, -0.05) is 33.1 Å². The van der Waals surface area contributed by atoms with Crippen LogP contribution in [0.5, 0.6) is 0 Å². The first-order valence-corrected chi connectivity index (χ1v) is 5.99. The maximum atomic E-state index is 2.38. The largest absolute Gasteiger partial charge is 0.159 e. The number of thioether (sulfide) groups is 1. The fourth-order valence-electron chi connectivity index (χ4n) is 1.85. The lowest BCUT2D eigenvalue weighted by atomic mass is 9.94. The van der Waals surface area contributed by atoms with Gasteiger partial charge >= 0.3 is 0 Å². The molecule has 2 unspecified atom stereocenters. The molecule has 0 radical (unpaired) electrons. The molecule has 0 aliphatic carbocycles. The van der Waals surface area contributed by atoms with E-state index in [1.165, 1.54) is 37.9 Å². The van der Waals surface area contributed by atoms with Crippen molar-refractivity contribution in [3.63, 3.8) is 0 Å². The van der Waals surface area contributed by atoms with Gasteiger partial charge in [0.2, 0.25) is 0 Å². The summed E-state index contributed by atoms with van der Waals surface area (Å²) in [7, 11) is 0. The van der Waals surface area contributed by atoms with Crippen LogP contribution in [0.3, 0.4) is 0 Å². The Labute approximate surface area is 75.1 Å². The average molecular weight is 172 g/mol. The molecule has 2 atom stereocenters. The zero-order chi connectivity index (χ0) is 8.10. The Bertz CT molecular complexity index is 101. The zero-order valence-corrected chi connectivity index (χ0v) is 8.62. The normalized spacial score (nSPS) is 32.2. The minimum Gasteiger partial charge on any atom is -0.159 e. The highest BCUT2D eigenvalue weighted by molar-refractivity contribution is 7.99. The predicted octanol–water partition coefficient (Wildman–Crippen LogP) is 3.71. The van der Waals surface area contributed by atoms with Gasteiger partial charge in [0.25, 0.3) is 0 Å². The van der Waals surface area contributed by atoms with Gasteiger partial charge in [0.05, 0.1) is 0 Å². The molecule has 0 aromatic heterocycles. The minimum absolute atomic E-state index is 0.936. The van der Waals surface area contributed by atoms with Gasteiger partial charge in [-0.05, 0) is 24.5 Å². The van der Waals surface area contributed by atoms with Crippen LogP contribution in [-0.2, 0) is 0 Å². The molecule has 0 amide bonds. The Balaban J connectivity index is 2.12. The van der Waals surface area contributed by atoms with E-state index in [1.54, 1.807) is 0 Å². The topological polar surface area (TPSA) is 0 Å². The van der Waals surface area contributed by atoms with Crippen LogP contribution < -0.4 is 0 Å². The van der Waals surface area contributed by atoms with Crippen LogP contribution >= 0.6 is 11.8 Å².